The molecule has 1 aliphatic rings. The van der Waals surface area contributed by atoms with Gasteiger partial charge >= 0.3 is 6.09 Å². The smallest absolute Gasteiger partial charge is 0.407 e. The van der Waals surface area contributed by atoms with E-state index in [9.17, 15) is 4.79 Å². The Morgan fingerprint density at radius 1 is 1.41 bits per heavy atom. The summed E-state index contributed by atoms with van der Waals surface area (Å²) >= 11 is 0. The molecule has 1 rings (SSSR count). The minimum absolute atomic E-state index is 0.158. The van der Waals surface area contributed by atoms with E-state index in [4.69, 9.17) is 4.74 Å². The lowest BCUT2D eigenvalue weighted by molar-refractivity contribution is 0.0501. The van der Waals surface area contributed by atoms with E-state index in [1.54, 1.807) is 0 Å². The van der Waals surface area contributed by atoms with Crippen molar-refractivity contribution >= 4 is 6.09 Å². The van der Waals surface area contributed by atoms with Crippen molar-refractivity contribution in [2.75, 3.05) is 6.54 Å². The first-order valence-corrected chi connectivity index (χ1v) is 6.63. The topological polar surface area (TPSA) is 50.4 Å². The molecule has 1 amide bonds. The molecule has 100 valence electrons. The van der Waals surface area contributed by atoms with Gasteiger partial charge < -0.3 is 15.4 Å². The summed E-state index contributed by atoms with van der Waals surface area (Å²) in [6.07, 6.45) is 4.46. The lowest BCUT2D eigenvalue weighted by Gasteiger charge is -2.29. The normalized spacial score (nSPS) is 18.4. The van der Waals surface area contributed by atoms with Gasteiger partial charge in [0.25, 0.3) is 0 Å². The summed E-state index contributed by atoms with van der Waals surface area (Å²) in [4.78, 5) is 11.6. The lowest BCUT2D eigenvalue weighted by Crippen LogP contribution is -2.47. The molecule has 4 heteroatoms. The van der Waals surface area contributed by atoms with E-state index in [0.29, 0.717) is 6.04 Å². The van der Waals surface area contributed by atoms with Gasteiger partial charge in [0.05, 0.1) is 0 Å². The molecule has 1 fully saturated rings. The highest BCUT2D eigenvalue weighted by Gasteiger charge is 2.21. The van der Waals surface area contributed by atoms with Gasteiger partial charge in [0.1, 0.15) is 5.60 Å². The maximum absolute atomic E-state index is 11.6. The van der Waals surface area contributed by atoms with Crippen LogP contribution in [0.15, 0.2) is 0 Å². The van der Waals surface area contributed by atoms with Gasteiger partial charge in [0.15, 0.2) is 0 Å². The fourth-order valence-corrected chi connectivity index (χ4v) is 1.69. The molecule has 0 saturated heterocycles. The van der Waals surface area contributed by atoms with Gasteiger partial charge in [-0.3, -0.25) is 0 Å². The first-order valence-electron chi connectivity index (χ1n) is 6.63. The molecule has 0 aromatic carbocycles. The van der Waals surface area contributed by atoms with Crippen molar-refractivity contribution in [2.45, 2.75) is 71.1 Å². The van der Waals surface area contributed by atoms with E-state index in [-0.39, 0.29) is 12.1 Å². The van der Waals surface area contributed by atoms with Crippen LogP contribution in [0.1, 0.15) is 53.4 Å². The van der Waals surface area contributed by atoms with E-state index >= 15 is 0 Å². The Balaban J connectivity index is 2.22. The Kier molecular flexibility index (Phi) is 5.25. The number of rotatable bonds is 5. The molecule has 0 aromatic rings. The molecule has 1 aliphatic carbocycles. The zero-order valence-corrected chi connectivity index (χ0v) is 11.5. The van der Waals surface area contributed by atoms with E-state index in [1.165, 1.54) is 19.3 Å². The highest BCUT2D eigenvalue weighted by molar-refractivity contribution is 5.68. The van der Waals surface area contributed by atoms with Gasteiger partial charge in [-0.1, -0.05) is 13.3 Å². The first kappa shape index (κ1) is 14.3. The molecule has 0 heterocycles. The molecule has 0 bridgehead atoms. The molecule has 0 aromatic heterocycles. The van der Waals surface area contributed by atoms with Gasteiger partial charge in [0, 0.05) is 18.6 Å². The van der Waals surface area contributed by atoms with E-state index in [0.717, 1.165) is 13.0 Å². The predicted molar refractivity (Wildman–Crippen MR) is 69.1 cm³/mol. The number of ether oxygens (including phenoxy) is 1. The number of nitrogens with one attached hydrogen (secondary N) is 2. The zero-order chi connectivity index (χ0) is 12.9. The molecule has 0 radical (unpaired) electrons. The van der Waals surface area contributed by atoms with Crippen molar-refractivity contribution in [3.63, 3.8) is 0 Å². The number of carbonyl (C=O) groups is 1. The van der Waals surface area contributed by atoms with E-state index in [2.05, 4.69) is 17.6 Å². The molecule has 17 heavy (non-hydrogen) atoms. The average molecular weight is 242 g/mol. The van der Waals surface area contributed by atoms with Crippen molar-refractivity contribution in [3.05, 3.63) is 0 Å². The number of carbonyl (C=O) groups excluding carboxylic acids is 1. The number of hydrogen-bond acceptors (Lipinski definition) is 3. The molecule has 2 N–H and O–H groups in total. The van der Waals surface area contributed by atoms with Crippen LogP contribution in [0.3, 0.4) is 0 Å². The summed E-state index contributed by atoms with van der Waals surface area (Å²) in [5, 5.41) is 6.37. The molecule has 0 unspecified atom stereocenters. The second-order valence-electron chi connectivity index (χ2n) is 5.79. The van der Waals surface area contributed by atoms with Crippen LogP contribution in [0.25, 0.3) is 0 Å². The Hall–Kier alpha value is -0.770. The maximum atomic E-state index is 11.6. The monoisotopic (exact) mass is 242 g/mol. The standard InChI is InChI=1S/C13H26N2O2/c1-5-10(9-14-11-7-6-8-11)15-12(16)17-13(2,3)4/h10-11,14H,5-9H2,1-4H3,(H,15,16)/t10-/m0/s1. The number of amides is 1. The fourth-order valence-electron chi connectivity index (χ4n) is 1.69. The van der Waals surface area contributed by atoms with E-state index in [1.807, 2.05) is 20.8 Å². The van der Waals surface area contributed by atoms with Crippen molar-refractivity contribution in [3.8, 4) is 0 Å². The second kappa shape index (κ2) is 6.24. The largest absolute Gasteiger partial charge is 0.444 e. The molecular formula is C13H26N2O2. The highest BCUT2D eigenvalue weighted by atomic mass is 16.6. The third-order valence-corrected chi connectivity index (χ3v) is 2.97. The van der Waals surface area contributed by atoms with Crippen LogP contribution in [0, 0.1) is 0 Å². The van der Waals surface area contributed by atoms with Crippen molar-refractivity contribution in [2.24, 2.45) is 0 Å². The van der Waals surface area contributed by atoms with E-state index < -0.39 is 5.60 Å². The summed E-state index contributed by atoms with van der Waals surface area (Å²) in [5.41, 5.74) is -0.427. The Bertz CT molecular complexity index is 244. The number of alkyl carbamates (subject to hydrolysis) is 1. The SMILES string of the molecule is CC[C@@H](CNC1CCC1)NC(=O)OC(C)(C)C. The van der Waals surface area contributed by atoms with Crippen molar-refractivity contribution < 1.29 is 9.53 Å². The molecule has 4 nitrogen and oxygen atoms in total. The zero-order valence-electron chi connectivity index (χ0n) is 11.5. The second-order valence-corrected chi connectivity index (χ2v) is 5.79. The lowest BCUT2D eigenvalue weighted by atomic mass is 9.93. The first-order chi connectivity index (χ1) is 7.90. The van der Waals surface area contributed by atoms with Gasteiger partial charge in [-0.25, -0.2) is 4.79 Å². The third-order valence-electron chi connectivity index (χ3n) is 2.97. The van der Waals surface area contributed by atoms with Crippen LogP contribution in [0.4, 0.5) is 4.79 Å². The van der Waals surface area contributed by atoms with Gasteiger partial charge in [-0.2, -0.15) is 0 Å². The molecule has 1 atom stereocenters. The Morgan fingerprint density at radius 3 is 2.47 bits per heavy atom. The third kappa shape index (κ3) is 5.91. The minimum Gasteiger partial charge on any atom is -0.444 e. The summed E-state index contributed by atoms with van der Waals surface area (Å²) in [6, 6.07) is 0.815. The van der Waals surface area contributed by atoms with Crippen LogP contribution in [-0.4, -0.2) is 30.3 Å². The molecule has 0 spiro atoms. The van der Waals surface area contributed by atoms with Crippen molar-refractivity contribution in [1.82, 2.24) is 10.6 Å². The van der Waals surface area contributed by atoms with Gasteiger partial charge in [-0.15, -0.1) is 0 Å². The highest BCUT2D eigenvalue weighted by Crippen LogP contribution is 2.17. The summed E-state index contributed by atoms with van der Waals surface area (Å²) < 4.78 is 5.24. The maximum Gasteiger partial charge on any atom is 0.407 e. The Labute approximate surface area is 104 Å². The quantitative estimate of drug-likeness (QED) is 0.778. The van der Waals surface area contributed by atoms with Crippen LogP contribution >= 0.6 is 0 Å². The molecule has 0 aliphatic heterocycles. The Morgan fingerprint density at radius 2 is 2.06 bits per heavy atom. The average Bonchev–Trinajstić information content (AvgIpc) is 2.10. The van der Waals surface area contributed by atoms with Gasteiger partial charge in [0.2, 0.25) is 0 Å². The van der Waals surface area contributed by atoms with Crippen LogP contribution in [0.2, 0.25) is 0 Å². The van der Waals surface area contributed by atoms with Crippen LogP contribution in [0.5, 0.6) is 0 Å². The fraction of sp³-hybridized carbons (Fsp3) is 0.923. The van der Waals surface area contributed by atoms with Gasteiger partial charge in [-0.05, 0) is 40.0 Å². The number of hydrogen-bond donors (Lipinski definition) is 2. The predicted octanol–water partition coefficient (Wildman–Crippen LogP) is 2.43. The summed E-state index contributed by atoms with van der Waals surface area (Å²) in [5.74, 6) is 0. The van der Waals surface area contributed by atoms with Crippen LogP contribution in [-0.2, 0) is 4.74 Å². The summed E-state index contributed by atoms with van der Waals surface area (Å²) in [6.45, 7) is 8.53. The van der Waals surface area contributed by atoms with Crippen molar-refractivity contribution in [1.29, 1.82) is 0 Å². The molecular weight excluding hydrogens is 216 g/mol. The minimum atomic E-state index is -0.427. The summed E-state index contributed by atoms with van der Waals surface area (Å²) in [7, 11) is 0. The van der Waals surface area contributed by atoms with Crippen LogP contribution < -0.4 is 10.6 Å². The molecule has 1 saturated carbocycles.